The molecule has 1 aliphatic rings. The van der Waals surface area contributed by atoms with Crippen LogP contribution in [-0.4, -0.2) is 57.0 Å². The number of aliphatic hydroxyl groups is 1. The van der Waals surface area contributed by atoms with E-state index in [0.717, 1.165) is 34.7 Å². The number of carbonyl (C=O) groups excluding carboxylic acids is 2. The summed E-state index contributed by atoms with van der Waals surface area (Å²) in [7, 11) is 0. The molecule has 0 aliphatic carbocycles. The van der Waals surface area contributed by atoms with Crippen molar-refractivity contribution in [2.75, 3.05) is 13.1 Å². The van der Waals surface area contributed by atoms with Crippen LogP contribution >= 0.6 is 11.3 Å². The Balaban J connectivity index is 1.26. The molecule has 3 N–H and O–H groups in total. The van der Waals surface area contributed by atoms with E-state index in [-0.39, 0.29) is 24.4 Å². The van der Waals surface area contributed by atoms with Gasteiger partial charge in [0.2, 0.25) is 0 Å². The number of thiazole rings is 1. The zero-order valence-corrected chi connectivity index (χ0v) is 26.4. The highest BCUT2D eigenvalue weighted by atomic mass is 32.1. The lowest BCUT2D eigenvalue weighted by Gasteiger charge is -2.25. The lowest BCUT2D eigenvalue weighted by atomic mass is 10.00. The largest absolute Gasteiger partial charge is 0.390 e. The van der Waals surface area contributed by atoms with Crippen molar-refractivity contribution in [2.45, 2.75) is 70.7 Å². The number of aliphatic hydroxyl groups excluding tert-OH is 1. The van der Waals surface area contributed by atoms with Crippen LogP contribution in [0, 0.1) is 6.92 Å². The zero-order chi connectivity index (χ0) is 31.1. The molecule has 2 aromatic heterocycles. The maximum absolute atomic E-state index is 13.6. The first kappa shape index (κ1) is 31.5. The van der Waals surface area contributed by atoms with E-state index < -0.39 is 12.1 Å². The van der Waals surface area contributed by atoms with E-state index in [1.807, 2.05) is 59.9 Å². The Hall–Kier alpha value is -3.92. The lowest BCUT2D eigenvalue weighted by molar-refractivity contribution is 0.0735. The first-order chi connectivity index (χ1) is 21.3. The molecule has 2 aromatic carbocycles. The van der Waals surface area contributed by atoms with E-state index in [9.17, 15) is 14.7 Å². The molecule has 3 atom stereocenters. The van der Waals surface area contributed by atoms with E-state index in [2.05, 4.69) is 40.5 Å². The summed E-state index contributed by atoms with van der Waals surface area (Å²) in [4.78, 5) is 38.0. The predicted octanol–water partition coefficient (Wildman–Crippen LogP) is 5.44. The van der Waals surface area contributed by atoms with Gasteiger partial charge in [0, 0.05) is 54.2 Å². The van der Waals surface area contributed by atoms with Gasteiger partial charge in [0.25, 0.3) is 11.8 Å². The van der Waals surface area contributed by atoms with E-state index in [1.54, 1.807) is 35.6 Å². The Labute approximate surface area is 263 Å². The van der Waals surface area contributed by atoms with Gasteiger partial charge in [-0.25, -0.2) is 4.98 Å². The standard InChI is InChI=1S/C35H41N5O3S/c1-23(2)29-15-26(18-36-20-29)19-37-21-32(41)30(16-25-9-5-4-6-10-25)39-33(42)27-11-7-12-28(17-27)35(43)40-14-8-13-31(40)34-38-24(3)22-44-34/h4-7,9-12,15,17-18,20,22-23,30-32,37,41H,8,13-14,16,19,21H2,1-3H3,(H,39,42)/t30-,31?,32+/m0/s1. The molecule has 0 saturated carbocycles. The van der Waals surface area contributed by atoms with Crippen LogP contribution in [0.3, 0.4) is 0 Å². The van der Waals surface area contributed by atoms with E-state index in [4.69, 9.17) is 0 Å². The van der Waals surface area contributed by atoms with Crippen molar-refractivity contribution in [3.63, 3.8) is 0 Å². The maximum atomic E-state index is 13.6. The third-order valence-electron chi connectivity index (χ3n) is 8.05. The monoisotopic (exact) mass is 611 g/mol. The number of aryl methyl sites for hydroxylation is 1. The van der Waals surface area contributed by atoms with E-state index in [0.29, 0.717) is 36.6 Å². The third-order valence-corrected chi connectivity index (χ3v) is 9.12. The second-order valence-corrected chi connectivity index (χ2v) is 12.7. The molecule has 1 saturated heterocycles. The van der Waals surface area contributed by atoms with Gasteiger partial charge >= 0.3 is 0 Å². The smallest absolute Gasteiger partial charge is 0.254 e. The van der Waals surface area contributed by atoms with Gasteiger partial charge in [0.05, 0.1) is 18.2 Å². The Bertz CT molecular complexity index is 1560. The van der Waals surface area contributed by atoms with Gasteiger partial charge in [0.1, 0.15) is 5.01 Å². The number of likely N-dealkylation sites (tertiary alicyclic amines) is 1. The minimum absolute atomic E-state index is 0.0415. The Morgan fingerprint density at radius 3 is 2.59 bits per heavy atom. The SMILES string of the molecule is Cc1csc(C2CCCN2C(=O)c2cccc(C(=O)N[C@@H](Cc3ccccc3)[C@H](O)CNCc3cncc(C(C)C)c3)c2)n1. The zero-order valence-electron chi connectivity index (χ0n) is 25.6. The highest BCUT2D eigenvalue weighted by molar-refractivity contribution is 7.09. The highest BCUT2D eigenvalue weighted by Gasteiger charge is 2.33. The molecule has 1 fully saturated rings. The van der Waals surface area contributed by atoms with Gasteiger partial charge in [-0.1, -0.05) is 56.3 Å². The second kappa shape index (κ2) is 14.7. The molecule has 0 spiro atoms. The summed E-state index contributed by atoms with van der Waals surface area (Å²) in [5, 5.41) is 20.6. The van der Waals surface area contributed by atoms with Gasteiger partial charge in [-0.2, -0.15) is 0 Å². The summed E-state index contributed by atoms with van der Waals surface area (Å²) in [6.45, 7) is 7.73. The lowest BCUT2D eigenvalue weighted by Crippen LogP contribution is -2.48. The molecule has 1 aliphatic heterocycles. The second-order valence-electron chi connectivity index (χ2n) is 11.8. The average Bonchev–Trinajstić information content (AvgIpc) is 3.70. The molecule has 9 heteroatoms. The third kappa shape index (κ3) is 7.96. The topological polar surface area (TPSA) is 107 Å². The molecule has 4 aromatic rings. The number of hydrogen-bond acceptors (Lipinski definition) is 7. The minimum Gasteiger partial charge on any atom is -0.390 e. The summed E-state index contributed by atoms with van der Waals surface area (Å²) >= 11 is 1.59. The van der Waals surface area contributed by atoms with Crippen molar-refractivity contribution in [3.8, 4) is 0 Å². The van der Waals surface area contributed by atoms with Crippen molar-refractivity contribution >= 4 is 23.2 Å². The summed E-state index contributed by atoms with van der Waals surface area (Å²) in [6.07, 6.45) is 5.11. The summed E-state index contributed by atoms with van der Waals surface area (Å²) in [6, 6.07) is 18.2. The van der Waals surface area contributed by atoms with Gasteiger partial charge in [-0.3, -0.25) is 14.6 Å². The fourth-order valence-corrected chi connectivity index (χ4v) is 6.52. The molecular weight excluding hydrogens is 570 g/mol. The maximum Gasteiger partial charge on any atom is 0.254 e. The van der Waals surface area contributed by atoms with Gasteiger partial charge in [-0.05, 0) is 67.0 Å². The van der Waals surface area contributed by atoms with Crippen molar-refractivity contribution in [1.82, 2.24) is 25.5 Å². The van der Waals surface area contributed by atoms with Crippen LogP contribution in [0.25, 0.3) is 0 Å². The molecule has 3 heterocycles. The predicted molar refractivity (Wildman–Crippen MR) is 174 cm³/mol. The molecule has 230 valence electrons. The van der Waals surface area contributed by atoms with Crippen molar-refractivity contribution < 1.29 is 14.7 Å². The number of hydrogen-bond donors (Lipinski definition) is 3. The van der Waals surface area contributed by atoms with Gasteiger partial charge < -0.3 is 20.6 Å². The van der Waals surface area contributed by atoms with Gasteiger partial charge in [0.15, 0.2) is 0 Å². The number of pyridine rings is 1. The van der Waals surface area contributed by atoms with Crippen LogP contribution in [0.1, 0.15) is 86.8 Å². The minimum atomic E-state index is -0.850. The molecular formula is C35H41N5O3S. The molecule has 0 bridgehead atoms. The van der Waals surface area contributed by atoms with E-state index >= 15 is 0 Å². The summed E-state index contributed by atoms with van der Waals surface area (Å²) < 4.78 is 0. The van der Waals surface area contributed by atoms with Crippen LogP contribution in [0.5, 0.6) is 0 Å². The molecule has 2 amide bonds. The number of amides is 2. The molecule has 1 unspecified atom stereocenters. The van der Waals surface area contributed by atoms with Crippen LogP contribution in [0.2, 0.25) is 0 Å². The van der Waals surface area contributed by atoms with Crippen molar-refractivity contribution in [3.05, 3.63) is 117 Å². The first-order valence-electron chi connectivity index (χ1n) is 15.3. The number of nitrogens with one attached hydrogen (secondary N) is 2. The van der Waals surface area contributed by atoms with Crippen LogP contribution in [-0.2, 0) is 13.0 Å². The number of aromatic nitrogens is 2. The number of benzene rings is 2. The number of rotatable bonds is 12. The molecule has 8 nitrogen and oxygen atoms in total. The number of nitrogens with zero attached hydrogens (tertiary/aromatic N) is 3. The Morgan fingerprint density at radius 1 is 1.05 bits per heavy atom. The van der Waals surface area contributed by atoms with E-state index in [1.165, 1.54) is 5.56 Å². The molecule has 44 heavy (non-hydrogen) atoms. The normalized spacial score (nSPS) is 16.2. The summed E-state index contributed by atoms with van der Waals surface area (Å²) in [5.74, 6) is -0.0514. The molecule has 5 rings (SSSR count). The molecule has 0 radical (unpaired) electrons. The fourth-order valence-electron chi connectivity index (χ4n) is 5.58. The quantitative estimate of drug-likeness (QED) is 0.197. The summed E-state index contributed by atoms with van der Waals surface area (Å²) in [5.41, 5.74) is 5.02. The highest BCUT2D eigenvalue weighted by Crippen LogP contribution is 2.34. The van der Waals surface area contributed by atoms with Crippen LogP contribution < -0.4 is 10.6 Å². The Morgan fingerprint density at radius 2 is 1.84 bits per heavy atom. The number of carbonyl (C=O) groups is 2. The van der Waals surface area contributed by atoms with Crippen LogP contribution in [0.15, 0.2) is 78.4 Å². The fraction of sp³-hybridized carbons (Fsp3) is 0.371. The first-order valence-corrected chi connectivity index (χ1v) is 16.2. The van der Waals surface area contributed by atoms with Gasteiger partial charge in [-0.15, -0.1) is 11.3 Å². The van der Waals surface area contributed by atoms with Crippen molar-refractivity contribution in [2.24, 2.45) is 0 Å². The Kier molecular flexibility index (Phi) is 10.5. The van der Waals surface area contributed by atoms with Crippen molar-refractivity contribution in [1.29, 1.82) is 0 Å². The average molecular weight is 612 g/mol. The van der Waals surface area contributed by atoms with Crippen LogP contribution in [0.4, 0.5) is 0 Å².